The van der Waals surface area contributed by atoms with Gasteiger partial charge in [-0.2, -0.15) is 0 Å². The lowest BCUT2D eigenvalue weighted by Gasteiger charge is -2.32. The molecule has 0 unspecified atom stereocenters. The molecule has 1 fully saturated rings. The average Bonchev–Trinajstić information content (AvgIpc) is 3.27. The number of hydrogen-bond acceptors (Lipinski definition) is 4. The predicted octanol–water partition coefficient (Wildman–Crippen LogP) is 3.28. The molecule has 28 heavy (non-hydrogen) atoms. The first-order valence-electron chi connectivity index (χ1n) is 9.95. The van der Waals surface area contributed by atoms with E-state index in [-0.39, 0.29) is 18.4 Å². The summed E-state index contributed by atoms with van der Waals surface area (Å²) >= 11 is 0. The maximum Gasteiger partial charge on any atom is 0.254 e. The summed E-state index contributed by atoms with van der Waals surface area (Å²) in [5, 5.41) is 2.65. The van der Waals surface area contributed by atoms with Gasteiger partial charge in [0, 0.05) is 13.1 Å². The van der Waals surface area contributed by atoms with E-state index in [4.69, 9.17) is 9.15 Å². The molecule has 0 aliphatic carbocycles. The molecule has 2 aromatic rings. The quantitative estimate of drug-likeness (QED) is 0.758. The summed E-state index contributed by atoms with van der Waals surface area (Å²) in [6, 6.07) is 9.89. The molecule has 1 aromatic heterocycles. The van der Waals surface area contributed by atoms with E-state index in [1.807, 2.05) is 24.0 Å². The molecule has 0 bridgehead atoms. The minimum Gasteiger partial charge on any atom is -0.494 e. The van der Waals surface area contributed by atoms with Gasteiger partial charge >= 0.3 is 0 Å². The Kier molecular flexibility index (Phi) is 7.12. The van der Waals surface area contributed by atoms with Gasteiger partial charge in [0.2, 0.25) is 5.91 Å². The first-order valence-corrected chi connectivity index (χ1v) is 9.95. The molecule has 0 spiro atoms. The van der Waals surface area contributed by atoms with Crippen molar-refractivity contribution in [3.05, 3.63) is 54.0 Å². The molecule has 1 saturated heterocycles. The summed E-state index contributed by atoms with van der Waals surface area (Å²) < 4.78 is 10.4. The second-order valence-electron chi connectivity index (χ2n) is 7.13. The van der Waals surface area contributed by atoms with Crippen LogP contribution < -0.4 is 10.1 Å². The van der Waals surface area contributed by atoms with E-state index < -0.39 is 0 Å². The van der Waals surface area contributed by atoms with Crippen LogP contribution in [-0.4, -0.2) is 43.0 Å². The Bertz CT molecular complexity index is 747. The van der Waals surface area contributed by atoms with Crippen LogP contribution in [0.2, 0.25) is 0 Å². The number of rotatable bonds is 8. The van der Waals surface area contributed by atoms with Crippen LogP contribution in [0.3, 0.4) is 0 Å². The van der Waals surface area contributed by atoms with Gasteiger partial charge in [0.25, 0.3) is 5.91 Å². The minimum absolute atomic E-state index is 0.0261. The molecule has 2 heterocycles. The lowest BCUT2D eigenvalue weighted by molar-refractivity contribution is -0.131. The maximum atomic E-state index is 12.3. The van der Waals surface area contributed by atoms with E-state index in [1.165, 1.54) is 18.1 Å². The van der Waals surface area contributed by atoms with Crippen molar-refractivity contribution in [1.29, 1.82) is 0 Å². The topological polar surface area (TPSA) is 71.8 Å². The van der Waals surface area contributed by atoms with Gasteiger partial charge in [0.1, 0.15) is 12.0 Å². The molecular weight excluding hydrogens is 356 g/mol. The molecule has 0 atom stereocenters. The van der Waals surface area contributed by atoms with E-state index in [9.17, 15) is 9.59 Å². The highest BCUT2D eigenvalue weighted by atomic mass is 16.5. The number of piperidine rings is 1. The third-order valence-electron chi connectivity index (χ3n) is 5.23. The van der Waals surface area contributed by atoms with Crippen LogP contribution in [-0.2, 0) is 11.2 Å². The van der Waals surface area contributed by atoms with Crippen LogP contribution in [0.1, 0.15) is 42.1 Å². The summed E-state index contributed by atoms with van der Waals surface area (Å²) in [5.41, 5.74) is 1.75. The van der Waals surface area contributed by atoms with Crippen molar-refractivity contribution >= 4 is 11.8 Å². The van der Waals surface area contributed by atoms with E-state index in [1.54, 1.807) is 6.07 Å². The van der Waals surface area contributed by atoms with Gasteiger partial charge in [-0.05, 0) is 62.3 Å². The first kappa shape index (κ1) is 20.0. The number of benzene rings is 1. The fourth-order valence-electron chi connectivity index (χ4n) is 3.52. The van der Waals surface area contributed by atoms with Crippen molar-refractivity contribution in [2.75, 3.05) is 26.2 Å². The second kappa shape index (κ2) is 9.97. The molecule has 2 amide bonds. The van der Waals surface area contributed by atoms with Crippen LogP contribution in [0.5, 0.6) is 5.75 Å². The summed E-state index contributed by atoms with van der Waals surface area (Å²) in [4.78, 5) is 26.0. The summed E-state index contributed by atoms with van der Waals surface area (Å²) in [7, 11) is 0. The standard InChI is InChI=1S/C22H28N2O4/c1-2-28-20-7-5-17(6-8-20)3-4-18-9-12-24(13-10-18)21(25)15-23-22(26)19-11-14-27-16-19/h5-8,11,14,16,18H,2-4,9-10,12-13,15H2,1H3,(H,23,26). The Hall–Kier alpha value is -2.76. The number of nitrogens with zero attached hydrogens (tertiary/aromatic N) is 1. The number of carbonyl (C=O) groups is 2. The molecule has 6 nitrogen and oxygen atoms in total. The zero-order valence-corrected chi connectivity index (χ0v) is 16.4. The number of furan rings is 1. The zero-order chi connectivity index (χ0) is 19.8. The van der Waals surface area contributed by atoms with Crippen LogP contribution in [0, 0.1) is 5.92 Å². The van der Waals surface area contributed by atoms with Crippen molar-refractivity contribution in [2.24, 2.45) is 5.92 Å². The molecule has 0 radical (unpaired) electrons. The monoisotopic (exact) mass is 384 g/mol. The molecular formula is C22H28N2O4. The Balaban J connectivity index is 1.35. The third kappa shape index (κ3) is 5.62. The molecule has 1 aliphatic rings. The number of amides is 2. The van der Waals surface area contributed by atoms with Gasteiger partial charge in [0.05, 0.1) is 25.0 Å². The van der Waals surface area contributed by atoms with Crippen LogP contribution in [0.25, 0.3) is 0 Å². The maximum absolute atomic E-state index is 12.3. The van der Waals surface area contributed by atoms with Gasteiger partial charge < -0.3 is 19.4 Å². The van der Waals surface area contributed by atoms with Crippen molar-refractivity contribution in [2.45, 2.75) is 32.6 Å². The number of nitrogens with one attached hydrogen (secondary N) is 1. The number of hydrogen-bond donors (Lipinski definition) is 1. The molecule has 1 N–H and O–H groups in total. The summed E-state index contributed by atoms with van der Waals surface area (Å²) in [5.74, 6) is 1.24. The van der Waals surface area contributed by atoms with E-state index >= 15 is 0 Å². The van der Waals surface area contributed by atoms with Gasteiger partial charge in [-0.1, -0.05) is 12.1 Å². The predicted molar refractivity (Wildman–Crippen MR) is 106 cm³/mol. The van der Waals surface area contributed by atoms with Crippen LogP contribution in [0.15, 0.2) is 47.3 Å². The fourth-order valence-corrected chi connectivity index (χ4v) is 3.52. The molecule has 1 aliphatic heterocycles. The molecule has 1 aromatic carbocycles. The normalized spacial score (nSPS) is 14.7. The van der Waals surface area contributed by atoms with Crippen LogP contribution in [0.4, 0.5) is 0 Å². The minimum atomic E-state index is -0.285. The zero-order valence-electron chi connectivity index (χ0n) is 16.4. The highest BCUT2D eigenvalue weighted by molar-refractivity contribution is 5.96. The van der Waals surface area contributed by atoms with Gasteiger partial charge in [0.15, 0.2) is 0 Å². The lowest BCUT2D eigenvalue weighted by Crippen LogP contribution is -2.44. The molecule has 6 heteroatoms. The number of ether oxygens (including phenoxy) is 1. The van der Waals surface area contributed by atoms with Crippen molar-refractivity contribution < 1.29 is 18.7 Å². The van der Waals surface area contributed by atoms with Crippen molar-refractivity contribution in [3.8, 4) is 5.75 Å². The molecule has 3 rings (SSSR count). The van der Waals surface area contributed by atoms with Crippen molar-refractivity contribution in [1.82, 2.24) is 10.2 Å². The van der Waals surface area contributed by atoms with Crippen LogP contribution >= 0.6 is 0 Å². The first-order chi connectivity index (χ1) is 13.7. The number of aryl methyl sites for hydroxylation is 1. The van der Waals surface area contributed by atoms with E-state index in [2.05, 4.69) is 17.4 Å². The highest BCUT2D eigenvalue weighted by Crippen LogP contribution is 2.23. The third-order valence-corrected chi connectivity index (χ3v) is 5.23. The Morgan fingerprint density at radius 3 is 2.57 bits per heavy atom. The largest absolute Gasteiger partial charge is 0.494 e. The lowest BCUT2D eigenvalue weighted by atomic mass is 9.90. The van der Waals surface area contributed by atoms with Gasteiger partial charge in [-0.15, -0.1) is 0 Å². The number of carbonyl (C=O) groups excluding carboxylic acids is 2. The van der Waals surface area contributed by atoms with E-state index in [0.29, 0.717) is 18.1 Å². The van der Waals surface area contributed by atoms with Crippen molar-refractivity contribution in [3.63, 3.8) is 0 Å². The SMILES string of the molecule is CCOc1ccc(CCC2CCN(C(=O)CNC(=O)c3ccoc3)CC2)cc1. The highest BCUT2D eigenvalue weighted by Gasteiger charge is 2.23. The number of likely N-dealkylation sites (tertiary alicyclic amines) is 1. The Morgan fingerprint density at radius 1 is 1.18 bits per heavy atom. The fraction of sp³-hybridized carbons (Fsp3) is 0.455. The Labute approximate surface area is 165 Å². The second-order valence-corrected chi connectivity index (χ2v) is 7.13. The summed E-state index contributed by atoms with van der Waals surface area (Å²) in [6.45, 7) is 4.21. The molecule has 150 valence electrons. The van der Waals surface area contributed by atoms with Gasteiger partial charge in [-0.3, -0.25) is 9.59 Å². The average molecular weight is 384 g/mol. The summed E-state index contributed by atoms with van der Waals surface area (Å²) in [6.07, 6.45) is 7.01. The smallest absolute Gasteiger partial charge is 0.254 e. The van der Waals surface area contributed by atoms with E-state index in [0.717, 1.165) is 44.5 Å². The Morgan fingerprint density at radius 2 is 1.93 bits per heavy atom. The van der Waals surface area contributed by atoms with Gasteiger partial charge in [-0.25, -0.2) is 0 Å². The molecule has 0 saturated carbocycles.